The molecule has 1 amide bonds. The van der Waals surface area contributed by atoms with Crippen molar-refractivity contribution in [1.29, 1.82) is 0 Å². The van der Waals surface area contributed by atoms with Gasteiger partial charge in [-0.3, -0.25) is 10.1 Å². The number of anilines is 1. The van der Waals surface area contributed by atoms with E-state index in [1.165, 1.54) is 23.5 Å². The molecular formula is C15H16N2O6S2. The third-order valence-corrected chi connectivity index (χ3v) is 4.37. The summed E-state index contributed by atoms with van der Waals surface area (Å²) < 4.78 is 27.0. The highest BCUT2D eigenvalue weighted by Crippen LogP contribution is 2.25. The Kier molecular flexibility index (Phi) is 7.43. The van der Waals surface area contributed by atoms with Crippen LogP contribution in [-0.4, -0.2) is 31.7 Å². The first-order chi connectivity index (χ1) is 11.7. The van der Waals surface area contributed by atoms with Crippen molar-refractivity contribution < 1.29 is 27.0 Å². The minimum Gasteiger partial charge on any atom is -0.383 e. The average molecular weight is 384 g/mol. The molecule has 1 aromatic heterocycles. The van der Waals surface area contributed by atoms with Crippen molar-refractivity contribution in [3.63, 3.8) is 0 Å². The first kappa shape index (κ1) is 20.5. The summed E-state index contributed by atoms with van der Waals surface area (Å²) in [7, 11) is -3.63. The lowest BCUT2D eigenvalue weighted by atomic mass is 10.2. The lowest BCUT2D eigenvalue weighted by Crippen LogP contribution is -2.12. The third kappa shape index (κ3) is 7.25. The molecular weight excluding hydrogens is 368 g/mol. The van der Waals surface area contributed by atoms with E-state index in [2.05, 4.69) is 10.3 Å². The second-order valence-corrected chi connectivity index (χ2v) is 7.71. The molecule has 0 saturated heterocycles. The molecule has 0 aliphatic heterocycles. The molecule has 0 bridgehead atoms. The van der Waals surface area contributed by atoms with Gasteiger partial charge in [-0.05, 0) is 24.1 Å². The van der Waals surface area contributed by atoms with Gasteiger partial charge < -0.3 is 4.18 Å². The van der Waals surface area contributed by atoms with Gasteiger partial charge in [0, 0.05) is 16.6 Å². The Morgan fingerprint density at radius 1 is 1.32 bits per heavy atom. The number of amides is 1. The summed E-state index contributed by atoms with van der Waals surface area (Å²) in [5.74, 6) is 0.0652. The molecule has 0 fully saturated rings. The lowest BCUT2D eigenvalue weighted by molar-refractivity contribution is -0.191. The fourth-order valence-electron chi connectivity index (χ4n) is 1.64. The Morgan fingerprint density at radius 2 is 1.96 bits per heavy atom. The Labute approximate surface area is 149 Å². The largest absolute Gasteiger partial charge is 0.383 e. The number of hydrogen-bond acceptors (Lipinski definition) is 8. The molecule has 2 aromatic rings. The SMILES string of the molecule is CC(C)c1cnc(NC(=O)c2cccc(OS(C)(=O)=O)c2)s1.O=C=O. The molecule has 0 radical (unpaired) electrons. The van der Waals surface area contributed by atoms with Crippen LogP contribution in [0.1, 0.15) is 35.0 Å². The van der Waals surface area contributed by atoms with Crippen LogP contribution in [0.25, 0.3) is 0 Å². The monoisotopic (exact) mass is 384 g/mol. The van der Waals surface area contributed by atoms with Crippen LogP contribution in [0.3, 0.4) is 0 Å². The number of hydrogen-bond donors (Lipinski definition) is 1. The third-order valence-electron chi connectivity index (χ3n) is 2.66. The molecule has 134 valence electrons. The molecule has 2 rings (SSSR count). The van der Waals surface area contributed by atoms with E-state index in [0.29, 0.717) is 16.6 Å². The molecule has 0 spiro atoms. The molecule has 1 aromatic carbocycles. The van der Waals surface area contributed by atoms with Crippen LogP contribution in [0.15, 0.2) is 30.5 Å². The van der Waals surface area contributed by atoms with Gasteiger partial charge >= 0.3 is 16.3 Å². The predicted molar refractivity (Wildman–Crippen MR) is 91.1 cm³/mol. The fourth-order valence-corrected chi connectivity index (χ4v) is 2.91. The quantitative estimate of drug-likeness (QED) is 0.785. The standard InChI is InChI=1S/C14H16N2O4S2.CO2/c1-9(2)12-8-15-14(21-12)16-13(17)10-5-4-6-11(7-10)20-22(3,18)19;2-1-3/h4-9H,1-3H3,(H,15,16,17);. The summed E-state index contributed by atoms with van der Waals surface area (Å²) in [6, 6.07) is 5.96. The molecule has 0 unspecified atom stereocenters. The molecule has 1 N–H and O–H groups in total. The van der Waals surface area contributed by atoms with Crippen molar-refractivity contribution in [2.45, 2.75) is 19.8 Å². The summed E-state index contributed by atoms with van der Waals surface area (Å²) in [5, 5.41) is 3.19. The second kappa shape index (κ2) is 9.07. The van der Waals surface area contributed by atoms with Crippen LogP contribution in [0.4, 0.5) is 5.13 Å². The maximum absolute atomic E-state index is 12.2. The molecule has 8 nitrogen and oxygen atoms in total. The van der Waals surface area contributed by atoms with E-state index >= 15 is 0 Å². The Morgan fingerprint density at radius 3 is 2.48 bits per heavy atom. The van der Waals surface area contributed by atoms with E-state index in [0.717, 1.165) is 11.1 Å². The number of benzene rings is 1. The van der Waals surface area contributed by atoms with Crippen molar-refractivity contribution in [3.05, 3.63) is 40.9 Å². The van der Waals surface area contributed by atoms with Crippen molar-refractivity contribution in [3.8, 4) is 5.75 Å². The highest BCUT2D eigenvalue weighted by atomic mass is 32.2. The zero-order valence-electron chi connectivity index (χ0n) is 13.7. The summed E-state index contributed by atoms with van der Waals surface area (Å²) in [4.78, 5) is 33.6. The number of carbonyl (C=O) groups is 1. The van der Waals surface area contributed by atoms with E-state index in [9.17, 15) is 13.2 Å². The molecule has 0 aliphatic carbocycles. The number of carbonyl (C=O) groups excluding carboxylic acids is 3. The predicted octanol–water partition coefficient (Wildman–Crippen LogP) is 2.27. The second-order valence-electron chi connectivity index (χ2n) is 5.08. The molecule has 0 saturated carbocycles. The Balaban J connectivity index is 0.000000970. The van der Waals surface area contributed by atoms with Crippen molar-refractivity contribution in [1.82, 2.24) is 4.98 Å². The highest BCUT2D eigenvalue weighted by Gasteiger charge is 2.12. The van der Waals surface area contributed by atoms with Gasteiger partial charge in [-0.25, -0.2) is 4.98 Å². The minimum absolute atomic E-state index is 0.0946. The van der Waals surface area contributed by atoms with Gasteiger partial charge in [0.05, 0.1) is 6.26 Å². The number of aromatic nitrogens is 1. The van der Waals surface area contributed by atoms with Crippen LogP contribution in [-0.2, 0) is 19.7 Å². The summed E-state index contributed by atoms with van der Waals surface area (Å²) in [5.41, 5.74) is 0.294. The van der Waals surface area contributed by atoms with Crippen molar-refractivity contribution >= 4 is 38.6 Å². The summed E-state index contributed by atoms with van der Waals surface area (Å²) >= 11 is 1.41. The van der Waals surface area contributed by atoms with Crippen LogP contribution < -0.4 is 9.50 Å². The van der Waals surface area contributed by atoms with Gasteiger partial charge in [0.15, 0.2) is 5.13 Å². The zero-order chi connectivity index (χ0) is 19.0. The Hall–Kier alpha value is -2.55. The van der Waals surface area contributed by atoms with Gasteiger partial charge in [0.25, 0.3) is 5.91 Å². The molecule has 0 atom stereocenters. The van der Waals surface area contributed by atoms with Gasteiger partial charge in [0.1, 0.15) is 5.75 Å². The normalized spacial score (nSPS) is 10.4. The first-order valence-corrected chi connectivity index (χ1v) is 9.55. The van der Waals surface area contributed by atoms with E-state index in [4.69, 9.17) is 13.8 Å². The summed E-state index contributed by atoms with van der Waals surface area (Å²) in [6.07, 6.45) is 2.93. The maximum atomic E-state index is 12.2. The van der Waals surface area contributed by atoms with Gasteiger partial charge in [-0.15, -0.1) is 11.3 Å². The topological polar surface area (TPSA) is 119 Å². The molecule has 1 heterocycles. The average Bonchev–Trinajstić information content (AvgIpc) is 2.95. The highest BCUT2D eigenvalue weighted by molar-refractivity contribution is 7.86. The minimum atomic E-state index is -3.63. The first-order valence-electron chi connectivity index (χ1n) is 6.92. The summed E-state index contributed by atoms with van der Waals surface area (Å²) in [6.45, 7) is 4.09. The van der Waals surface area contributed by atoms with Crippen molar-refractivity contribution in [2.24, 2.45) is 0 Å². The van der Waals surface area contributed by atoms with Crippen LogP contribution in [0.5, 0.6) is 5.75 Å². The van der Waals surface area contributed by atoms with Crippen LogP contribution in [0, 0.1) is 0 Å². The van der Waals surface area contributed by atoms with E-state index in [1.807, 2.05) is 13.8 Å². The fraction of sp³-hybridized carbons (Fsp3) is 0.267. The maximum Gasteiger partial charge on any atom is 0.373 e. The van der Waals surface area contributed by atoms with Crippen molar-refractivity contribution in [2.75, 3.05) is 11.6 Å². The van der Waals surface area contributed by atoms with Gasteiger partial charge in [-0.2, -0.15) is 18.0 Å². The number of nitrogens with one attached hydrogen (secondary N) is 1. The van der Waals surface area contributed by atoms with E-state index < -0.39 is 10.1 Å². The van der Waals surface area contributed by atoms with Gasteiger partial charge in [0.2, 0.25) is 0 Å². The van der Waals surface area contributed by atoms with E-state index in [1.54, 1.807) is 18.3 Å². The zero-order valence-corrected chi connectivity index (χ0v) is 15.3. The molecule has 10 heteroatoms. The van der Waals surface area contributed by atoms with Crippen LogP contribution in [0.2, 0.25) is 0 Å². The number of thiazole rings is 1. The molecule has 25 heavy (non-hydrogen) atoms. The van der Waals surface area contributed by atoms with Gasteiger partial charge in [-0.1, -0.05) is 19.9 Å². The van der Waals surface area contributed by atoms with E-state index in [-0.39, 0.29) is 17.8 Å². The smallest absolute Gasteiger partial charge is 0.373 e. The lowest BCUT2D eigenvalue weighted by Gasteiger charge is -2.05. The number of nitrogens with zero attached hydrogens (tertiary/aromatic N) is 1. The Bertz CT molecular complexity index is 868. The molecule has 0 aliphatic rings. The number of rotatable bonds is 5. The van der Waals surface area contributed by atoms with Crippen LogP contribution >= 0.6 is 11.3 Å².